The fraction of sp³-hybridized carbons (Fsp3) is 0.280. The molecule has 0 bridgehead atoms. The molecule has 0 atom stereocenters. The topological polar surface area (TPSA) is 97.2 Å². The fourth-order valence-corrected chi connectivity index (χ4v) is 5.20. The average molecular weight is 495 g/mol. The first-order valence-electron chi connectivity index (χ1n) is 10.9. The number of carboxylic acids is 1. The van der Waals surface area contributed by atoms with Crippen molar-refractivity contribution in [3.63, 3.8) is 0 Å². The van der Waals surface area contributed by atoms with E-state index >= 15 is 0 Å². The van der Waals surface area contributed by atoms with Crippen LogP contribution < -0.4 is 10.1 Å². The minimum Gasteiger partial charge on any atom is -0.496 e. The number of thiazole rings is 1. The molecule has 0 aliphatic carbocycles. The van der Waals surface area contributed by atoms with E-state index in [9.17, 15) is 9.90 Å². The minimum atomic E-state index is -1.14. The van der Waals surface area contributed by atoms with Gasteiger partial charge < -0.3 is 15.2 Å². The van der Waals surface area contributed by atoms with Crippen LogP contribution in [0.3, 0.4) is 0 Å². The SMILES string of the molecule is COc1ccc(-c2nc(Nc3ncc(-c4cccs4)nc3C(=O)O)sc2CCC(C)C)cc1C. The second-order valence-electron chi connectivity index (χ2n) is 8.27. The van der Waals surface area contributed by atoms with E-state index in [0.29, 0.717) is 16.7 Å². The summed E-state index contributed by atoms with van der Waals surface area (Å²) in [4.78, 5) is 27.5. The summed E-state index contributed by atoms with van der Waals surface area (Å²) in [5, 5.41) is 15.4. The summed E-state index contributed by atoms with van der Waals surface area (Å²) in [5.74, 6) is 0.414. The third-order valence-corrected chi connectivity index (χ3v) is 7.21. The van der Waals surface area contributed by atoms with Crippen LogP contribution in [-0.4, -0.2) is 33.1 Å². The van der Waals surface area contributed by atoms with Crippen LogP contribution in [0.15, 0.2) is 41.9 Å². The second kappa shape index (κ2) is 10.3. The van der Waals surface area contributed by atoms with Gasteiger partial charge in [0.2, 0.25) is 0 Å². The van der Waals surface area contributed by atoms with E-state index in [4.69, 9.17) is 9.72 Å². The van der Waals surface area contributed by atoms with Gasteiger partial charge in [-0.3, -0.25) is 0 Å². The number of aromatic carboxylic acids is 1. The Hall–Kier alpha value is -3.30. The predicted octanol–water partition coefficient (Wildman–Crippen LogP) is 6.68. The Bertz CT molecular complexity index is 1300. The monoisotopic (exact) mass is 494 g/mol. The number of thiophene rings is 1. The van der Waals surface area contributed by atoms with Crippen LogP contribution >= 0.6 is 22.7 Å². The number of benzene rings is 1. The summed E-state index contributed by atoms with van der Waals surface area (Å²) in [6.45, 7) is 6.40. The first kappa shape index (κ1) is 23.8. The normalized spacial score (nSPS) is 11.1. The van der Waals surface area contributed by atoms with Gasteiger partial charge in [0.05, 0.1) is 29.6 Å². The molecular weight excluding hydrogens is 468 g/mol. The smallest absolute Gasteiger partial charge is 0.358 e. The molecule has 0 unspecified atom stereocenters. The molecule has 0 amide bonds. The molecule has 0 saturated heterocycles. The highest BCUT2D eigenvalue weighted by molar-refractivity contribution is 7.16. The molecule has 9 heteroatoms. The molecule has 0 saturated carbocycles. The number of nitrogens with one attached hydrogen (secondary N) is 1. The Labute approximate surface area is 206 Å². The van der Waals surface area contributed by atoms with Crippen molar-refractivity contribution in [3.05, 3.63) is 58.0 Å². The second-order valence-corrected chi connectivity index (χ2v) is 10.3. The van der Waals surface area contributed by atoms with Gasteiger partial charge in [-0.1, -0.05) is 19.9 Å². The molecule has 3 aromatic heterocycles. The lowest BCUT2D eigenvalue weighted by Crippen LogP contribution is -2.08. The lowest BCUT2D eigenvalue weighted by Gasteiger charge is -2.08. The van der Waals surface area contributed by atoms with Crippen molar-refractivity contribution < 1.29 is 14.6 Å². The van der Waals surface area contributed by atoms with Crippen molar-refractivity contribution in [1.29, 1.82) is 0 Å². The molecule has 4 aromatic rings. The lowest BCUT2D eigenvalue weighted by molar-refractivity contribution is 0.0691. The van der Waals surface area contributed by atoms with Crippen molar-refractivity contribution in [2.45, 2.75) is 33.6 Å². The van der Waals surface area contributed by atoms with Gasteiger partial charge >= 0.3 is 5.97 Å². The zero-order valence-corrected chi connectivity index (χ0v) is 21.1. The van der Waals surface area contributed by atoms with Crippen LogP contribution in [0.2, 0.25) is 0 Å². The number of carboxylic acid groups (broad SMARTS) is 1. The molecule has 0 aliphatic heterocycles. The molecule has 7 nitrogen and oxygen atoms in total. The first-order chi connectivity index (χ1) is 16.4. The standard InChI is InChI=1S/C25H26N4O3S2/c1-14(2)7-10-20-21(16-8-9-18(32-4)15(3)12-16)28-25(34-20)29-23-22(24(30)31)27-17(13-26-23)19-6-5-11-33-19/h5-6,8-9,11-14H,7,10H2,1-4H3,(H,30,31)(H,26,28,29). The maximum atomic E-state index is 11.9. The molecule has 34 heavy (non-hydrogen) atoms. The first-order valence-corrected chi connectivity index (χ1v) is 12.6. The van der Waals surface area contributed by atoms with Crippen molar-refractivity contribution in [2.75, 3.05) is 12.4 Å². The Morgan fingerprint density at radius 1 is 1.24 bits per heavy atom. The number of hydrogen-bond donors (Lipinski definition) is 2. The number of aromatic nitrogens is 3. The third kappa shape index (κ3) is 5.26. The summed E-state index contributed by atoms with van der Waals surface area (Å²) in [6.07, 6.45) is 3.49. The van der Waals surface area contributed by atoms with Gasteiger partial charge in [-0.15, -0.1) is 22.7 Å². The van der Waals surface area contributed by atoms with Crippen molar-refractivity contribution in [3.8, 4) is 27.6 Å². The van der Waals surface area contributed by atoms with Crippen molar-refractivity contribution in [1.82, 2.24) is 15.0 Å². The van der Waals surface area contributed by atoms with Gasteiger partial charge in [-0.05, 0) is 60.9 Å². The molecule has 176 valence electrons. The van der Waals surface area contributed by atoms with Gasteiger partial charge in [0.25, 0.3) is 0 Å². The number of nitrogens with zero attached hydrogens (tertiary/aromatic N) is 3. The molecule has 0 fully saturated rings. The van der Waals surface area contributed by atoms with E-state index in [2.05, 4.69) is 35.2 Å². The molecule has 0 aliphatic rings. The maximum absolute atomic E-state index is 11.9. The van der Waals surface area contributed by atoms with E-state index in [1.54, 1.807) is 13.3 Å². The summed E-state index contributed by atoms with van der Waals surface area (Å²) in [5.41, 5.74) is 3.31. The molecular formula is C25H26N4O3S2. The summed E-state index contributed by atoms with van der Waals surface area (Å²) < 4.78 is 5.40. The van der Waals surface area contributed by atoms with Crippen LogP contribution in [-0.2, 0) is 6.42 Å². The Balaban J connectivity index is 1.70. The molecule has 0 radical (unpaired) electrons. The Kier molecular flexibility index (Phi) is 7.23. The van der Waals surface area contributed by atoms with Crippen LogP contribution in [0.4, 0.5) is 10.9 Å². The number of carbonyl (C=O) groups is 1. The van der Waals surface area contributed by atoms with E-state index in [1.807, 2.05) is 36.6 Å². The zero-order valence-electron chi connectivity index (χ0n) is 19.5. The highest BCUT2D eigenvalue weighted by Gasteiger charge is 2.20. The molecule has 3 heterocycles. The molecule has 1 aromatic carbocycles. The third-order valence-electron chi connectivity index (χ3n) is 5.29. The number of rotatable bonds is 9. The largest absolute Gasteiger partial charge is 0.496 e. The van der Waals surface area contributed by atoms with Gasteiger partial charge in [-0.25, -0.2) is 19.7 Å². The quantitative estimate of drug-likeness (QED) is 0.268. The molecule has 2 N–H and O–H groups in total. The molecule has 0 spiro atoms. The van der Waals surface area contributed by atoms with Crippen molar-refractivity contribution >= 4 is 39.6 Å². The summed E-state index contributed by atoms with van der Waals surface area (Å²) in [6, 6.07) is 9.79. The fourth-order valence-electron chi connectivity index (χ4n) is 3.52. The Morgan fingerprint density at radius 2 is 2.06 bits per heavy atom. The van der Waals surface area contributed by atoms with Crippen LogP contribution in [0.5, 0.6) is 5.75 Å². The van der Waals surface area contributed by atoms with E-state index in [-0.39, 0.29) is 11.5 Å². The average Bonchev–Trinajstić information content (AvgIpc) is 3.48. The van der Waals surface area contributed by atoms with Gasteiger partial charge in [0, 0.05) is 10.4 Å². The van der Waals surface area contributed by atoms with Crippen LogP contribution in [0, 0.1) is 12.8 Å². The van der Waals surface area contributed by atoms with Crippen LogP contribution in [0.1, 0.15) is 41.2 Å². The maximum Gasteiger partial charge on any atom is 0.358 e. The number of aryl methyl sites for hydroxylation is 2. The molecule has 4 rings (SSSR count). The van der Waals surface area contributed by atoms with Gasteiger partial charge in [-0.2, -0.15) is 0 Å². The number of anilines is 2. The highest BCUT2D eigenvalue weighted by Crippen LogP contribution is 2.36. The number of ether oxygens (including phenoxy) is 1. The van der Waals surface area contributed by atoms with E-state index < -0.39 is 5.97 Å². The Morgan fingerprint density at radius 3 is 2.71 bits per heavy atom. The van der Waals surface area contributed by atoms with E-state index in [1.165, 1.54) is 22.7 Å². The summed E-state index contributed by atoms with van der Waals surface area (Å²) >= 11 is 3.00. The predicted molar refractivity (Wildman–Crippen MR) is 138 cm³/mol. The minimum absolute atomic E-state index is 0.133. The summed E-state index contributed by atoms with van der Waals surface area (Å²) in [7, 11) is 1.66. The number of hydrogen-bond acceptors (Lipinski definition) is 8. The van der Waals surface area contributed by atoms with Gasteiger partial charge in [0.1, 0.15) is 5.75 Å². The van der Waals surface area contributed by atoms with Crippen molar-refractivity contribution in [2.24, 2.45) is 5.92 Å². The lowest BCUT2D eigenvalue weighted by atomic mass is 10.0. The van der Waals surface area contributed by atoms with Crippen LogP contribution in [0.25, 0.3) is 21.8 Å². The highest BCUT2D eigenvalue weighted by atomic mass is 32.1. The van der Waals surface area contributed by atoms with E-state index in [0.717, 1.165) is 45.2 Å². The zero-order chi connectivity index (χ0) is 24.2. The number of methoxy groups -OCH3 is 1. The van der Waals surface area contributed by atoms with Gasteiger partial charge in [0.15, 0.2) is 16.6 Å².